The lowest BCUT2D eigenvalue weighted by Gasteiger charge is -1.91. The maximum atomic E-state index is 3.29. The van der Waals surface area contributed by atoms with Gasteiger partial charge in [-0.1, -0.05) is 52.0 Å². The number of hydrogen-bond acceptors (Lipinski definition) is 1. The summed E-state index contributed by atoms with van der Waals surface area (Å²) in [7, 11) is 0. The van der Waals surface area contributed by atoms with Gasteiger partial charge < -0.3 is 5.32 Å². The lowest BCUT2D eigenvalue weighted by Crippen LogP contribution is -1.99. The molecule has 0 spiro atoms. The number of benzene rings is 1. The fourth-order valence-corrected chi connectivity index (χ4v) is 1.23. The molecule has 0 aliphatic carbocycles. The van der Waals surface area contributed by atoms with Gasteiger partial charge in [0.1, 0.15) is 0 Å². The first kappa shape index (κ1) is 12.2. The molecular formula is C12H21N. The van der Waals surface area contributed by atoms with E-state index >= 15 is 0 Å². The van der Waals surface area contributed by atoms with Crippen molar-refractivity contribution in [3.8, 4) is 0 Å². The Balaban J connectivity index is 0.000000322. The SMILES string of the molecule is CC.CC.c1ccc2c(c1)CNC2. The van der Waals surface area contributed by atoms with Crippen molar-refractivity contribution in [2.45, 2.75) is 40.8 Å². The first-order chi connectivity index (χ1) is 6.47. The number of hydrogen-bond donors (Lipinski definition) is 1. The Labute approximate surface area is 82.2 Å². The highest BCUT2D eigenvalue weighted by Crippen LogP contribution is 2.12. The Morgan fingerprint density at radius 1 is 0.846 bits per heavy atom. The molecule has 0 atom stereocenters. The van der Waals surface area contributed by atoms with Crippen molar-refractivity contribution in [2.24, 2.45) is 0 Å². The molecular weight excluding hydrogens is 158 g/mol. The monoisotopic (exact) mass is 179 g/mol. The van der Waals surface area contributed by atoms with Crippen LogP contribution in [0.15, 0.2) is 24.3 Å². The van der Waals surface area contributed by atoms with Crippen LogP contribution in [0.25, 0.3) is 0 Å². The Bertz CT molecular complexity index is 195. The van der Waals surface area contributed by atoms with E-state index in [1.807, 2.05) is 27.7 Å². The summed E-state index contributed by atoms with van der Waals surface area (Å²) >= 11 is 0. The summed E-state index contributed by atoms with van der Waals surface area (Å²) in [5.41, 5.74) is 2.91. The molecule has 1 nitrogen and oxygen atoms in total. The van der Waals surface area contributed by atoms with Gasteiger partial charge in [0, 0.05) is 13.1 Å². The van der Waals surface area contributed by atoms with E-state index in [-0.39, 0.29) is 0 Å². The third-order valence-electron chi connectivity index (χ3n) is 1.75. The third kappa shape index (κ3) is 3.60. The second kappa shape index (κ2) is 7.81. The minimum atomic E-state index is 1.05. The van der Waals surface area contributed by atoms with Gasteiger partial charge in [-0.2, -0.15) is 0 Å². The van der Waals surface area contributed by atoms with Crippen LogP contribution in [0.1, 0.15) is 38.8 Å². The van der Waals surface area contributed by atoms with E-state index in [1.165, 1.54) is 11.1 Å². The largest absolute Gasteiger partial charge is 0.309 e. The van der Waals surface area contributed by atoms with Crippen LogP contribution in [0.4, 0.5) is 0 Å². The normalized spacial score (nSPS) is 11.7. The van der Waals surface area contributed by atoms with Gasteiger partial charge in [-0.05, 0) is 11.1 Å². The lowest BCUT2D eigenvalue weighted by molar-refractivity contribution is 0.765. The molecule has 1 aliphatic heterocycles. The van der Waals surface area contributed by atoms with E-state index in [9.17, 15) is 0 Å². The molecule has 0 unspecified atom stereocenters. The number of fused-ring (bicyclic) bond motifs is 1. The molecule has 1 N–H and O–H groups in total. The molecule has 0 saturated heterocycles. The molecule has 0 aromatic heterocycles. The molecule has 1 aromatic rings. The highest BCUT2D eigenvalue weighted by molar-refractivity contribution is 5.29. The molecule has 1 heterocycles. The topological polar surface area (TPSA) is 12.0 Å². The van der Waals surface area contributed by atoms with Gasteiger partial charge >= 0.3 is 0 Å². The van der Waals surface area contributed by atoms with E-state index in [0.29, 0.717) is 0 Å². The Morgan fingerprint density at radius 2 is 1.23 bits per heavy atom. The Hall–Kier alpha value is -0.820. The van der Waals surface area contributed by atoms with Crippen LogP contribution in [-0.4, -0.2) is 0 Å². The summed E-state index contributed by atoms with van der Waals surface area (Å²) in [5, 5.41) is 3.29. The van der Waals surface area contributed by atoms with Crippen LogP contribution < -0.4 is 5.32 Å². The van der Waals surface area contributed by atoms with Gasteiger partial charge in [0.2, 0.25) is 0 Å². The maximum absolute atomic E-state index is 3.29. The lowest BCUT2D eigenvalue weighted by atomic mass is 10.1. The van der Waals surface area contributed by atoms with E-state index in [4.69, 9.17) is 0 Å². The zero-order chi connectivity index (χ0) is 10.1. The second-order valence-electron chi connectivity index (χ2n) is 2.37. The van der Waals surface area contributed by atoms with Crippen molar-refractivity contribution in [1.82, 2.24) is 5.32 Å². The smallest absolute Gasteiger partial charge is 0.0211 e. The van der Waals surface area contributed by atoms with Gasteiger partial charge in [-0.25, -0.2) is 0 Å². The fraction of sp³-hybridized carbons (Fsp3) is 0.500. The summed E-state index contributed by atoms with van der Waals surface area (Å²) in [5.74, 6) is 0. The Morgan fingerprint density at radius 3 is 1.62 bits per heavy atom. The summed E-state index contributed by atoms with van der Waals surface area (Å²) in [6.07, 6.45) is 0. The minimum Gasteiger partial charge on any atom is -0.309 e. The first-order valence-electron chi connectivity index (χ1n) is 5.24. The molecule has 13 heavy (non-hydrogen) atoms. The average Bonchev–Trinajstić information content (AvgIpc) is 2.71. The summed E-state index contributed by atoms with van der Waals surface area (Å²) in [6, 6.07) is 8.53. The van der Waals surface area contributed by atoms with Gasteiger partial charge in [-0.3, -0.25) is 0 Å². The van der Waals surface area contributed by atoms with Crippen molar-refractivity contribution in [2.75, 3.05) is 0 Å². The van der Waals surface area contributed by atoms with Crippen LogP contribution in [-0.2, 0) is 13.1 Å². The van der Waals surface area contributed by atoms with Crippen molar-refractivity contribution in [3.63, 3.8) is 0 Å². The third-order valence-corrected chi connectivity index (χ3v) is 1.75. The maximum Gasteiger partial charge on any atom is 0.0211 e. The van der Waals surface area contributed by atoms with Crippen LogP contribution in [0.3, 0.4) is 0 Å². The Kier molecular flexibility index (Phi) is 7.32. The first-order valence-corrected chi connectivity index (χ1v) is 5.24. The zero-order valence-corrected chi connectivity index (χ0v) is 9.22. The predicted molar refractivity (Wildman–Crippen MR) is 59.7 cm³/mol. The fourth-order valence-electron chi connectivity index (χ4n) is 1.23. The second-order valence-corrected chi connectivity index (χ2v) is 2.37. The standard InChI is InChI=1S/C8H9N.2C2H6/c1-2-4-8-6-9-5-7(8)3-1;2*1-2/h1-4,9H,5-6H2;2*1-2H3. The van der Waals surface area contributed by atoms with Crippen molar-refractivity contribution in [3.05, 3.63) is 35.4 Å². The van der Waals surface area contributed by atoms with Crippen LogP contribution in [0.2, 0.25) is 0 Å². The molecule has 1 heteroatoms. The molecule has 2 rings (SSSR count). The van der Waals surface area contributed by atoms with E-state index in [1.54, 1.807) is 0 Å². The summed E-state index contributed by atoms with van der Waals surface area (Å²) in [6.45, 7) is 10.1. The molecule has 0 amide bonds. The molecule has 1 aromatic carbocycles. The minimum absolute atomic E-state index is 1.05. The van der Waals surface area contributed by atoms with E-state index in [2.05, 4.69) is 29.6 Å². The van der Waals surface area contributed by atoms with Gasteiger partial charge in [0.15, 0.2) is 0 Å². The molecule has 74 valence electrons. The van der Waals surface area contributed by atoms with E-state index < -0.39 is 0 Å². The molecule has 0 bridgehead atoms. The van der Waals surface area contributed by atoms with Gasteiger partial charge in [0.05, 0.1) is 0 Å². The predicted octanol–water partition coefficient (Wildman–Crippen LogP) is 3.34. The van der Waals surface area contributed by atoms with Crippen LogP contribution in [0.5, 0.6) is 0 Å². The highest BCUT2D eigenvalue weighted by Gasteiger charge is 2.06. The molecule has 0 fully saturated rings. The van der Waals surface area contributed by atoms with Crippen LogP contribution in [0, 0.1) is 0 Å². The summed E-state index contributed by atoms with van der Waals surface area (Å²) in [4.78, 5) is 0. The van der Waals surface area contributed by atoms with Gasteiger partial charge in [-0.15, -0.1) is 0 Å². The quantitative estimate of drug-likeness (QED) is 0.644. The number of rotatable bonds is 0. The van der Waals surface area contributed by atoms with Crippen molar-refractivity contribution < 1.29 is 0 Å². The molecule has 0 saturated carbocycles. The summed E-state index contributed by atoms with van der Waals surface area (Å²) < 4.78 is 0. The molecule has 1 aliphatic rings. The zero-order valence-electron chi connectivity index (χ0n) is 9.22. The van der Waals surface area contributed by atoms with E-state index in [0.717, 1.165) is 13.1 Å². The van der Waals surface area contributed by atoms with Crippen molar-refractivity contribution >= 4 is 0 Å². The number of nitrogens with one attached hydrogen (secondary N) is 1. The highest BCUT2D eigenvalue weighted by atomic mass is 14.9. The average molecular weight is 179 g/mol. The van der Waals surface area contributed by atoms with Gasteiger partial charge in [0.25, 0.3) is 0 Å². The van der Waals surface area contributed by atoms with Crippen LogP contribution >= 0.6 is 0 Å². The molecule has 0 radical (unpaired) electrons. The van der Waals surface area contributed by atoms with Crippen molar-refractivity contribution in [1.29, 1.82) is 0 Å².